The molecule has 1 N–H and O–H groups in total. The zero-order valence-corrected chi connectivity index (χ0v) is 28.4. The maximum atomic E-state index is 13.9. The van der Waals surface area contributed by atoms with Crippen LogP contribution in [-0.2, 0) is 16.8 Å². The Morgan fingerprint density at radius 2 is 1.95 bits per heavy atom. The number of aromatic nitrogens is 1. The topological polar surface area (TPSA) is 73.2 Å². The molecule has 4 nitrogen and oxygen atoms in total. The van der Waals surface area contributed by atoms with Gasteiger partial charge in [-0.15, -0.1) is 11.3 Å². The van der Waals surface area contributed by atoms with Crippen molar-refractivity contribution in [3.63, 3.8) is 0 Å². The fourth-order valence-electron chi connectivity index (χ4n) is 5.17. The summed E-state index contributed by atoms with van der Waals surface area (Å²) >= 11 is 8.88. The van der Waals surface area contributed by atoms with Crippen LogP contribution in [0.4, 0.5) is 4.39 Å². The number of fused-ring (bicyclic) bond motifs is 1. The Kier molecular flexibility index (Phi) is 11.0. The molecule has 1 aliphatic rings. The van der Waals surface area contributed by atoms with Crippen molar-refractivity contribution in [3.8, 4) is 0 Å². The number of carbonyl (C=O) groups excluding carboxylic acids is 1. The summed E-state index contributed by atoms with van der Waals surface area (Å²) < 4.78 is 14.6. The Morgan fingerprint density at radius 1 is 1.19 bits per heavy atom. The van der Waals surface area contributed by atoms with Crippen molar-refractivity contribution in [2.45, 2.75) is 56.8 Å². The number of nitrogens with zero attached hydrogens (tertiary/aromatic N) is 1. The van der Waals surface area contributed by atoms with Gasteiger partial charge in [0.1, 0.15) is 10.5 Å². The number of pyridine rings is 1. The Balaban J connectivity index is 0.00000405. The summed E-state index contributed by atoms with van der Waals surface area (Å²) in [7, 11) is 0. The van der Waals surface area contributed by atoms with Gasteiger partial charge in [-0.2, -0.15) is 16.2 Å². The molecule has 9 heteroatoms. The predicted octanol–water partition coefficient (Wildman–Crippen LogP) is 4.82. The number of carbonyl (C=O) groups is 1. The molecule has 1 unspecified atom stereocenters. The van der Waals surface area contributed by atoms with E-state index in [0.717, 1.165) is 65.0 Å². The van der Waals surface area contributed by atoms with E-state index in [1.54, 1.807) is 13.8 Å². The Bertz CT molecular complexity index is 1600. The summed E-state index contributed by atoms with van der Waals surface area (Å²) in [5.41, 5.74) is 4.25. The molecule has 0 amide bonds. The van der Waals surface area contributed by atoms with Gasteiger partial charge < -0.3 is 15.0 Å². The van der Waals surface area contributed by atoms with Crippen LogP contribution < -0.4 is 34.7 Å². The van der Waals surface area contributed by atoms with E-state index in [2.05, 4.69) is 23.2 Å². The molecule has 1 saturated carbocycles. The van der Waals surface area contributed by atoms with Crippen LogP contribution in [0.1, 0.15) is 72.7 Å². The number of thioether (sulfide) groups is 1. The SMILES string of the molecule is CC(C)(O)c1ccccc1CCC(SCC1(CC(=O)[O-])CC1)c1cccc(/C=C/c2ccc3sc(F)c(Cl)c3n2)c1.[Na+]. The molecule has 2 aromatic carbocycles. The normalized spacial score (nSPS) is 15.1. The van der Waals surface area contributed by atoms with Crippen LogP contribution in [0.25, 0.3) is 22.4 Å². The third kappa shape index (κ3) is 8.26. The van der Waals surface area contributed by atoms with Gasteiger partial charge in [0, 0.05) is 11.2 Å². The first-order valence-corrected chi connectivity index (χ1v) is 15.9. The number of hydrogen-bond donors (Lipinski definition) is 1. The van der Waals surface area contributed by atoms with Gasteiger partial charge >= 0.3 is 29.6 Å². The summed E-state index contributed by atoms with van der Waals surface area (Å²) in [6.07, 6.45) is 7.44. The predicted molar refractivity (Wildman–Crippen MR) is 166 cm³/mol. The van der Waals surface area contributed by atoms with Gasteiger partial charge in [-0.1, -0.05) is 66.2 Å². The number of aryl methyl sites for hydroxylation is 1. The molecule has 1 fully saturated rings. The van der Waals surface area contributed by atoms with Crippen molar-refractivity contribution in [1.82, 2.24) is 4.98 Å². The number of carboxylic acids is 1. The molecule has 214 valence electrons. The third-order valence-electron chi connectivity index (χ3n) is 7.61. The van der Waals surface area contributed by atoms with E-state index >= 15 is 0 Å². The molecule has 4 aromatic rings. The third-order valence-corrected chi connectivity index (χ3v) is 10.7. The average Bonchev–Trinajstić information content (AvgIpc) is 3.63. The number of halogens is 2. The van der Waals surface area contributed by atoms with Gasteiger partial charge in [-0.05, 0) is 97.6 Å². The molecule has 2 aromatic heterocycles. The number of rotatable bonds is 12. The van der Waals surface area contributed by atoms with Crippen LogP contribution in [0, 0.1) is 10.5 Å². The first-order chi connectivity index (χ1) is 19.5. The molecule has 42 heavy (non-hydrogen) atoms. The number of aliphatic hydroxyl groups is 1. The van der Waals surface area contributed by atoms with E-state index in [-0.39, 0.29) is 51.7 Å². The fraction of sp³-hybridized carbons (Fsp3) is 0.333. The summed E-state index contributed by atoms with van der Waals surface area (Å²) in [5.74, 6) is -0.218. The first kappa shape index (κ1) is 33.2. The van der Waals surface area contributed by atoms with E-state index in [0.29, 0.717) is 15.9 Å². The number of carboxylic acid groups (broad SMARTS) is 1. The Morgan fingerprint density at radius 3 is 2.67 bits per heavy atom. The summed E-state index contributed by atoms with van der Waals surface area (Å²) in [5, 5.41) is 21.8. The standard InChI is InChI=1S/C33H33ClFNO3S2.Na/c1-32(2,39)25-9-4-3-7-22(25)11-14-26(40-20-33(16-17-33)19-28(37)38)23-8-5-6-21(18-23)10-12-24-13-15-27-30(36-24)29(34)31(35)41-27;/h3-10,12-13,15,18,26,39H,11,14,16-17,19-20H2,1-2H3,(H,37,38);/q;+1/p-1/b12-10+;. The van der Waals surface area contributed by atoms with Crippen molar-refractivity contribution < 1.29 is 49.0 Å². The van der Waals surface area contributed by atoms with Crippen LogP contribution in [0.3, 0.4) is 0 Å². The minimum Gasteiger partial charge on any atom is -0.550 e. The number of thiophene rings is 1. The maximum Gasteiger partial charge on any atom is 1.00 e. The van der Waals surface area contributed by atoms with E-state index in [1.807, 2.05) is 66.4 Å². The van der Waals surface area contributed by atoms with E-state index in [9.17, 15) is 19.4 Å². The average molecular weight is 632 g/mol. The minimum absolute atomic E-state index is 0. The molecule has 0 aliphatic heterocycles. The number of benzene rings is 2. The van der Waals surface area contributed by atoms with Crippen molar-refractivity contribution in [1.29, 1.82) is 0 Å². The molecule has 0 spiro atoms. The number of hydrogen-bond acceptors (Lipinski definition) is 6. The second kappa shape index (κ2) is 13.9. The summed E-state index contributed by atoms with van der Waals surface area (Å²) in [6, 6.07) is 20.0. The van der Waals surface area contributed by atoms with Crippen LogP contribution in [0.15, 0.2) is 60.7 Å². The second-order valence-electron chi connectivity index (χ2n) is 11.4. The molecular weight excluding hydrogens is 600 g/mol. The second-order valence-corrected chi connectivity index (χ2v) is 14.0. The zero-order valence-electron chi connectivity index (χ0n) is 24.0. The van der Waals surface area contributed by atoms with Crippen LogP contribution >= 0.6 is 34.7 Å². The van der Waals surface area contributed by atoms with Crippen molar-refractivity contribution in [2.75, 3.05) is 5.75 Å². The van der Waals surface area contributed by atoms with Crippen LogP contribution in [0.2, 0.25) is 5.02 Å². The molecule has 1 atom stereocenters. The van der Waals surface area contributed by atoms with E-state index in [4.69, 9.17) is 11.6 Å². The monoisotopic (exact) mass is 631 g/mol. The summed E-state index contributed by atoms with van der Waals surface area (Å²) in [4.78, 5) is 15.9. The van der Waals surface area contributed by atoms with Gasteiger partial charge in [0.15, 0.2) is 5.13 Å². The van der Waals surface area contributed by atoms with Gasteiger partial charge in [0.05, 0.1) is 16.0 Å². The largest absolute Gasteiger partial charge is 1.00 e. The molecule has 0 saturated heterocycles. The minimum atomic E-state index is -0.982. The van der Waals surface area contributed by atoms with Crippen molar-refractivity contribution >= 4 is 63.0 Å². The van der Waals surface area contributed by atoms with Gasteiger partial charge in [-0.25, -0.2) is 4.98 Å². The fourth-order valence-corrected chi connectivity index (χ4v) is 7.82. The quantitative estimate of drug-likeness (QED) is 0.227. The zero-order chi connectivity index (χ0) is 29.2. The Hall–Kier alpha value is -1.71. The van der Waals surface area contributed by atoms with Crippen LogP contribution in [0.5, 0.6) is 0 Å². The first-order valence-electron chi connectivity index (χ1n) is 13.7. The summed E-state index contributed by atoms with van der Waals surface area (Å²) in [6.45, 7) is 3.61. The number of aliphatic carboxylic acids is 1. The van der Waals surface area contributed by atoms with Gasteiger partial charge in [-0.3, -0.25) is 0 Å². The Labute approximate surface area is 281 Å². The molecule has 2 heterocycles. The van der Waals surface area contributed by atoms with E-state index in [1.165, 1.54) is 0 Å². The molecule has 0 radical (unpaired) electrons. The maximum absolute atomic E-state index is 13.9. The molecular formula is C33H32ClFNNaO3S2. The molecule has 0 bridgehead atoms. The smallest absolute Gasteiger partial charge is 0.550 e. The van der Waals surface area contributed by atoms with E-state index < -0.39 is 16.7 Å². The van der Waals surface area contributed by atoms with Gasteiger partial charge in [0.25, 0.3) is 0 Å². The van der Waals surface area contributed by atoms with Gasteiger partial charge in [0.2, 0.25) is 0 Å². The molecule has 5 rings (SSSR count). The van der Waals surface area contributed by atoms with Crippen molar-refractivity contribution in [2.24, 2.45) is 5.41 Å². The molecule has 1 aliphatic carbocycles. The van der Waals surface area contributed by atoms with Crippen LogP contribution in [-0.4, -0.2) is 21.8 Å². The van der Waals surface area contributed by atoms with Crippen molar-refractivity contribution in [3.05, 3.63) is 98.8 Å².